The molecule has 0 unspecified atom stereocenters. The van der Waals surface area contributed by atoms with Crippen molar-refractivity contribution in [3.8, 4) is 0 Å². The van der Waals surface area contributed by atoms with E-state index in [1.165, 1.54) is 23.8 Å². The van der Waals surface area contributed by atoms with Gasteiger partial charge < -0.3 is 10.1 Å². The first kappa shape index (κ1) is 16.5. The van der Waals surface area contributed by atoms with Crippen LogP contribution in [0.5, 0.6) is 0 Å². The monoisotopic (exact) mass is 358 g/mol. The Kier molecular flexibility index (Phi) is 4.82. The summed E-state index contributed by atoms with van der Waals surface area (Å²) in [5.74, 6) is -0.516. The fourth-order valence-electron chi connectivity index (χ4n) is 2.28. The van der Waals surface area contributed by atoms with Crippen LogP contribution in [0.3, 0.4) is 0 Å². The number of hydrogen-bond donors (Lipinski definition) is 1. The number of carbonyl (C=O) groups is 2. The van der Waals surface area contributed by atoms with Gasteiger partial charge in [0.2, 0.25) is 0 Å². The van der Waals surface area contributed by atoms with Gasteiger partial charge in [-0.05, 0) is 36.4 Å². The number of amides is 1. The van der Waals surface area contributed by atoms with Crippen LogP contribution in [0, 0.1) is 0 Å². The number of benzene rings is 2. The van der Waals surface area contributed by atoms with Crippen molar-refractivity contribution in [2.75, 3.05) is 17.3 Å². The van der Waals surface area contributed by atoms with Gasteiger partial charge in [-0.3, -0.25) is 9.69 Å². The van der Waals surface area contributed by atoms with Crippen molar-refractivity contribution in [1.29, 1.82) is 0 Å². The molecule has 2 aromatic rings. The molecule has 1 fully saturated rings. The van der Waals surface area contributed by atoms with Crippen LogP contribution in [-0.2, 0) is 9.53 Å². The topological polar surface area (TPSA) is 58.6 Å². The largest absolute Gasteiger partial charge is 0.465 e. The fraction of sp³-hybridized carbons (Fsp3) is 0.118. The summed E-state index contributed by atoms with van der Waals surface area (Å²) in [6, 6.07) is 16.1. The lowest BCUT2D eigenvalue weighted by molar-refractivity contribution is -0.116. The minimum Gasteiger partial charge on any atom is -0.465 e. The van der Waals surface area contributed by atoms with Crippen molar-refractivity contribution in [2.45, 2.75) is 5.37 Å². The van der Waals surface area contributed by atoms with Gasteiger partial charge in [-0.15, -0.1) is 0 Å². The van der Waals surface area contributed by atoms with Crippen LogP contribution in [0.4, 0.5) is 11.4 Å². The molecular weight excluding hydrogens is 344 g/mol. The lowest BCUT2D eigenvalue weighted by Crippen LogP contribution is -2.34. The predicted molar refractivity (Wildman–Crippen MR) is 99.3 cm³/mol. The van der Waals surface area contributed by atoms with Gasteiger partial charge in [0.1, 0.15) is 4.32 Å². The number of hydrogen-bond acceptors (Lipinski definition) is 6. The zero-order valence-corrected chi connectivity index (χ0v) is 14.4. The van der Waals surface area contributed by atoms with E-state index < -0.39 is 11.3 Å². The molecule has 24 heavy (non-hydrogen) atoms. The molecule has 0 aromatic heterocycles. The first-order valence-corrected chi connectivity index (χ1v) is 8.43. The average Bonchev–Trinajstić information content (AvgIpc) is 2.89. The normalized spacial score (nSPS) is 17.0. The summed E-state index contributed by atoms with van der Waals surface area (Å²) in [4.78, 5) is 25.6. The van der Waals surface area contributed by atoms with Crippen molar-refractivity contribution < 1.29 is 14.3 Å². The van der Waals surface area contributed by atoms with Crippen LogP contribution in [0.1, 0.15) is 10.4 Å². The molecule has 5 nitrogen and oxygen atoms in total. The van der Waals surface area contributed by atoms with Gasteiger partial charge in [0.15, 0.2) is 5.37 Å². The third-order valence-electron chi connectivity index (χ3n) is 3.46. The lowest BCUT2D eigenvalue weighted by atomic mass is 10.2. The van der Waals surface area contributed by atoms with Crippen molar-refractivity contribution in [3.63, 3.8) is 0 Å². The quantitative estimate of drug-likeness (QED) is 0.669. The molecule has 0 aliphatic carbocycles. The van der Waals surface area contributed by atoms with Crippen molar-refractivity contribution in [1.82, 2.24) is 0 Å². The molecule has 1 atom stereocenters. The highest BCUT2D eigenvalue weighted by atomic mass is 32.2. The molecule has 2 aromatic carbocycles. The summed E-state index contributed by atoms with van der Waals surface area (Å²) in [6.07, 6.45) is 0. The van der Waals surface area contributed by atoms with E-state index in [-0.39, 0.29) is 5.91 Å². The van der Waals surface area contributed by atoms with E-state index in [1.54, 1.807) is 24.3 Å². The first-order valence-electron chi connectivity index (χ1n) is 7.14. The second-order valence-electron chi connectivity index (χ2n) is 4.99. The van der Waals surface area contributed by atoms with E-state index in [9.17, 15) is 9.59 Å². The Bertz CT molecular complexity index is 778. The number of nitrogens with zero attached hydrogens (tertiary/aromatic N) is 1. The molecule has 1 aliphatic heterocycles. The third kappa shape index (κ3) is 3.27. The highest BCUT2D eigenvalue weighted by molar-refractivity contribution is 8.25. The number of esters is 1. The summed E-state index contributed by atoms with van der Waals surface area (Å²) < 4.78 is 5.17. The van der Waals surface area contributed by atoms with Gasteiger partial charge in [-0.2, -0.15) is 0 Å². The molecule has 7 heteroatoms. The zero-order chi connectivity index (χ0) is 17.1. The van der Waals surface area contributed by atoms with Gasteiger partial charge >= 0.3 is 5.97 Å². The van der Waals surface area contributed by atoms with E-state index in [2.05, 4.69) is 10.1 Å². The molecule has 1 heterocycles. The second kappa shape index (κ2) is 7.02. The molecule has 0 spiro atoms. The zero-order valence-electron chi connectivity index (χ0n) is 12.8. The van der Waals surface area contributed by atoms with Crippen LogP contribution < -0.4 is 10.2 Å². The number of anilines is 2. The predicted octanol–water partition coefficient (Wildman–Crippen LogP) is 3.28. The van der Waals surface area contributed by atoms with Gasteiger partial charge in [-0.1, -0.05) is 42.2 Å². The van der Waals surface area contributed by atoms with E-state index in [0.29, 0.717) is 9.88 Å². The molecule has 1 aliphatic rings. The summed E-state index contributed by atoms with van der Waals surface area (Å²) in [7, 11) is 1.33. The number of carbonyl (C=O) groups excluding carboxylic acids is 2. The van der Waals surface area contributed by atoms with Crippen LogP contribution in [0.15, 0.2) is 54.6 Å². The molecular formula is C17H14N2O3S2. The van der Waals surface area contributed by atoms with E-state index in [1.807, 2.05) is 30.3 Å². The van der Waals surface area contributed by atoms with Crippen LogP contribution in [0.2, 0.25) is 0 Å². The molecule has 122 valence electrons. The molecule has 1 N–H and O–H groups in total. The maximum Gasteiger partial charge on any atom is 0.337 e. The molecule has 0 saturated carbocycles. The number of ether oxygens (including phenoxy) is 1. The number of thioether (sulfide) groups is 1. The van der Waals surface area contributed by atoms with Crippen LogP contribution in [-0.4, -0.2) is 28.7 Å². The lowest BCUT2D eigenvalue weighted by Gasteiger charge is -2.16. The molecule has 0 radical (unpaired) electrons. The summed E-state index contributed by atoms with van der Waals surface area (Å²) in [6.45, 7) is 0. The minimum atomic E-state index is -0.498. The highest BCUT2D eigenvalue weighted by Crippen LogP contribution is 2.32. The Hall–Kier alpha value is -2.38. The molecule has 1 saturated heterocycles. The Balaban J connectivity index is 1.74. The minimum absolute atomic E-state index is 0.117. The van der Waals surface area contributed by atoms with Gasteiger partial charge in [0.05, 0.1) is 18.4 Å². The summed E-state index contributed by atoms with van der Waals surface area (Å²) >= 11 is 6.62. The van der Waals surface area contributed by atoms with Crippen molar-refractivity contribution in [2.24, 2.45) is 0 Å². The van der Waals surface area contributed by atoms with Gasteiger partial charge in [-0.25, -0.2) is 4.79 Å². The van der Waals surface area contributed by atoms with Crippen molar-refractivity contribution >= 4 is 51.6 Å². The van der Waals surface area contributed by atoms with E-state index in [0.717, 1.165) is 11.4 Å². The van der Waals surface area contributed by atoms with E-state index in [4.69, 9.17) is 12.2 Å². The Morgan fingerprint density at radius 3 is 2.46 bits per heavy atom. The molecule has 0 bridgehead atoms. The average molecular weight is 358 g/mol. The maximum absolute atomic E-state index is 12.6. The fourth-order valence-corrected chi connectivity index (χ4v) is 3.67. The first-order chi connectivity index (χ1) is 11.6. The maximum atomic E-state index is 12.6. The van der Waals surface area contributed by atoms with Crippen LogP contribution >= 0.6 is 24.0 Å². The SMILES string of the molecule is COC(=O)c1ccc(N[C@@H]2SC(=S)N(c3ccccc3)C2=O)cc1. The van der Waals surface area contributed by atoms with Crippen LogP contribution in [0.25, 0.3) is 0 Å². The smallest absolute Gasteiger partial charge is 0.337 e. The Morgan fingerprint density at radius 1 is 1.17 bits per heavy atom. The number of nitrogens with one attached hydrogen (secondary N) is 1. The molecule has 1 amide bonds. The second-order valence-corrected chi connectivity index (χ2v) is 6.73. The third-order valence-corrected chi connectivity index (χ3v) is 4.87. The number of para-hydroxylation sites is 1. The number of methoxy groups -OCH3 is 1. The summed E-state index contributed by atoms with van der Waals surface area (Å²) in [5, 5.41) is 2.64. The highest BCUT2D eigenvalue weighted by Gasteiger charge is 2.37. The van der Waals surface area contributed by atoms with Gasteiger partial charge in [0, 0.05) is 5.69 Å². The van der Waals surface area contributed by atoms with Gasteiger partial charge in [0.25, 0.3) is 5.91 Å². The Morgan fingerprint density at radius 2 is 1.83 bits per heavy atom. The van der Waals surface area contributed by atoms with Crippen molar-refractivity contribution in [3.05, 3.63) is 60.2 Å². The number of rotatable bonds is 4. The summed E-state index contributed by atoms with van der Waals surface area (Å²) in [5.41, 5.74) is 1.94. The Labute approximate surface area is 149 Å². The molecule has 3 rings (SSSR count). The van der Waals surface area contributed by atoms with E-state index >= 15 is 0 Å². The standard InChI is InChI=1S/C17H14N2O3S2/c1-22-16(21)11-7-9-12(10-8-11)18-14-15(20)19(17(23)24-14)13-5-3-2-4-6-13/h2-10,14,18H,1H3/t14-/m1/s1. The number of thiocarbonyl (C=S) groups is 1.